The number of hydrogen-bond donors (Lipinski definition) is 0. The van der Waals surface area contributed by atoms with E-state index in [2.05, 4.69) is 27.7 Å². The van der Waals surface area contributed by atoms with Gasteiger partial charge in [-0.2, -0.15) is 0 Å². The summed E-state index contributed by atoms with van der Waals surface area (Å²) in [4.78, 5) is 0. The monoisotopic (exact) mass is 394 g/mol. The fraction of sp³-hybridized carbons (Fsp3) is 1.00. The van der Waals surface area contributed by atoms with Gasteiger partial charge in [0.2, 0.25) is 0 Å². The molecule has 0 saturated carbocycles. The molecule has 0 heterocycles. The smallest absolute Gasteiger partial charge is 0.0298 e. The molecule has 0 unspecified atom stereocenters. The first-order valence-corrected chi connectivity index (χ1v) is 13.7. The van der Waals surface area contributed by atoms with Crippen LogP contribution in [0.5, 0.6) is 0 Å². The maximum atomic E-state index is 2.43. The lowest BCUT2D eigenvalue weighted by atomic mass is 9.71. The van der Waals surface area contributed by atoms with Gasteiger partial charge in [0.1, 0.15) is 0 Å². The Labute approximate surface area is 181 Å². The third-order valence-corrected chi connectivity index (χ3v) is 6.96. The molecule has 0 amide bonds. The van der Waals surface area contributed by atoms with E-state index in [1.54, 1.807) is 0 Å². The highest BCUT2D eigenvalue weighted by molar-refractivity contribution is 4.79. The Hall–Kier alpha value is 0. The van der Waals surface area contributed by atoms with E-state index in [0.29, 0.717) is 5.41 Å². The highest BCUT2D eigenvalue weighted by Gasteiger charge is 2.27. The van der Waals surface area contributed by atoms with E-state index in [4.69, 9.17) is 0 Å². The summed E-state index contributed by atoms with van der Waals surface area (Å²) in [6.07, 6.45) is 33.7. The van der Waals surface area contributed by atoms with Gasteiger partial charge in [-0.15, -0.1) is 0 Å². The highest BCUT2D eigenvalue weighted by Crippen LogP contribution is 2.41. The molecule has 0 radical (unpaired) electrons. The van der Waals surface area contributed by atoms with Gasteiger partial charge in [-0.25, -0.2) is 0 Å². The van der Waals surface area contributed by atoms with Gasteiger partial charge in [-0.1, -0.05) is 150 Å². The van der Waals surface area contributed by atoms with Crippen LogP contribution in [0.4, 0.5) is 0 Å². The lowest BCUT2D eigenvalue weighted by Gasteiger charge is -2.35. The van der Waals surface area contributed by atoms with Crippen molar-refractivity contribution < 1.29 is 0 Å². The number of hydrogen-bond acceptors (Lipinski definition) is 0. The van der Waals surface area contributed by atoms with E-state index in [1.165, 1.54) is 148 Å². The van der Waals surface area contributed by atoms with Crippen LogP contribution in [0.1, 0.15) is 175 Å². The molecule has 0 atom stereocenters. The SMILES string of the molecule is CCCCCCCCC(CCC)(CCCCCCCC)CCCCCCCC. The van der Waals surface area contributed by atoms with Crippen molar-refractivity contribution in [1.29, 1.82) is 0 Å². The number of unbranched alkanes of at least 4 members (excludes halogenated alkanes) is 15. The fourth-order valence-corrected chi connectivity index (χ4v) is 5.12. The van der Waals surface area contributed by atoms with Crippen LogP contribution in [0, 0.1) is 5.41 Å². The Kier molecular flexibility index (Phi) is 21.7. The van der Waals surface area contributed by atoms with E-state index in [1.807, 2.05) is 0 Å². The van der Waals surface area contributed by atoms with Gasteiger partial charge in [0.15, 0.2) is 0 Å². The maximum Gasteiger partial charge on any atom is -0.0298 e. The van der Waals surface area contributed by atoms with Crippen molar-refractivity contribution >= 4 is 0 Å². The van der Waals surface area contributed by atoms with Crippen molar-refractivity contribution in [2.75, 3.05) is 0 Å². The van der Waals surface area contributed by atoms with E-state index < -0.39 is 0 Å². The predicted molar refractivity (Wildman–Crippen MR) is 131 cm³/mol. The summed E-state index contributed by atoms with van der Waals surface area (Å²) in [6, 6.07) is 0. The van der Waals surface area contributed by atoms with Gasteiger partial charge >= 0.3 is 0 Å². The molecule has 0 aromatic carbocycles. The fourth-order valence-electron chi connectivity index (χ4n) is 5.12. The second-order valence-electron chi connectivity index (χ2n) is 9.80. The van der Waals surface area contributed by atoms with E-state index in [-0.39, 0.29) is 0 Å². The molecule has 28 heavy (non-hydrogen) atoms. The molecule has 0 saturated heterocycles. The van der Waals surface area contributed by atoms with Gasteiger partial charge in [0.25, 0.3) is 0 Å². The van der Waals surface area contributed by atoms with Gasteiger partial charge in [0.05, 0.1) is 0 Å². The van der Waals surface area contributed by atoms with Crippen LogP contribution in [-0.4, -0.2) is 0 Å². The van der Waals surface area contributed by atoms with Gasteiger partial charge < -0.3 is 0 Å². The molecular weight excluding hydrogens is 336 g/mol. The molecule has 0 bridgehead atoms. The summed E-state index contributed by atoms with van der Waals surface area (Å²) < 4.78 is 0. The zero-order valence-electron chi connectivity index (χ0n) is 20.8. The van der Waals surface area contributed by atoms with Crippen molar-refractivity contribution in [2.24, 2.45) is 5.41 Å². The zero-order valence-corrected chi connectivity index (χ0v) is 20.8. The molecule has 170 valence electrons. The van der Waals surface area contributed by atoms with Crippen molar-refractivity contribution in [3.63, 3.8) is 0 Å². The van der Waals surface area contributed by atoms with Crippen LogP contribution in [0.3, 0.4) is 0 Å². The summed E-state index contributed by atoms with van der Waals surface area (Å²) in [7, 11) is 0. The third kappa shape index (κ3) is 16.9. The predicted octanol–water partition coefficient (Wildman–Crippen LogP) is 11.0. The van der Waals surface area contributed by atoms with Gasteiger partial charge in [-0.05, 0) is 31.1 Å². The summed E-state index contributed by atoms with van der Waals surface area (Å²) in [5, 5.41) is 0. The first-order valence-electron chi connectivity index (χ1n) is 13.7. The van der Waals surface area contributed by atoms with Crippen molar-refractivity contribution in [1.82, 2.24) is 0 Å². The second kappa shape index (κ2) is 21.7. The van der Waals surface area contributed by atoms with E-state index >= 15 is 0 Å². The molecule has 0 nitrogen and oxygen atoms in total. The molecule has 0 heteroatoms. The van der Waals surface area contributed by atoms with Crippen LogP contribution >= 0.6 is 0 Å². The van der Waals surface area contributed by atoms with Crippen molar-refractivity contribution in [3.05, 3.63) is 0 Å². The maximum absolute atomic E-state index is 2.43. The van der Waals surface area contributed by atoms with Crippen LogP contribution in [0.15, 0.2) is 0 Å². The summed E-state index contributed by atoms with van der Waals surface area (Å²) in [6.45, 7) is 9.41. The minimum atomic E-state index is 0.690. The quantitative estimate of drug-likeness (QED) is 0.151. The second-order valence-corrected chi connectivity index (χ2v) is 9.80. The van der Waals surface area contributed by atoms with Crippen LogP contribution in [0.2, 0.25) is 0 Å². The minimum Gasteiger partial charge on any atom is -0.0654 e. The summed E-state index contributed by atoms with van der Waals surface area (Å²) >= 11 is 0. The Balaban J connectivity index is 4.39. The first-order chi connectivity index (χ1) is 13.7. The van der Waals surface area contributed by atoms with Crippen molar-refractivity contribution in [3.8, 4) is 0 Å². The molecule has 0 aliphatic carbocycles. The Morgan fingerprint density at radius 2 is 0.571 bits per heavy atom. The minimum absolute atomic E-state index is 0.690. The van der Waals surface area contributed by atoms with Crippen LogP contribution < -0.4 is 0 Å². The summed E-state index contributed by atoms with van der Waals surface area (Å²) in [5.41, 5.74) is 0.690. The van der Waals surface area contributed by atoms with E-state index in [9.17, 15) is 0 Å². The topological polar surface area (TPSA) is 0 Å². The van der Waals surface area contributed by atoms with Crippen LogP contribution in [0.25, 0.3) is 0 Å². The normalized spacial score (nSPS) is 12.0. The molecule has 0 aliphatic heterocycles. The summed E-state index contributed by atoms with van der Waals surface area (Å²) in [5.74, 6) is 0. The lowest BCUT2D eigenvalue weighted by molar-refractivity contribution is 0.176. The molecule has 0 aromatic rings. The molecular formula is C28H58. The largest absolute Gasteiger partial charge is 0.0654 e. The lowest BCUT2D eigenvalue weighted by Crippen LogP contribution is -2.21. The van der Waals surface area contributed by atoms with Crippen molar-refractivity contribution in [2.45, 2.75) is 175 Å². The molecule has 0 fully saturated rings. The molecule has 0 aliphatic rings. The zero-order chi connectivity index (χ0) is 20.8. The molecule has 0 aromatic heterocycles. The van der Waals surface area contributed by atoms with Gasteiger partial charge in [-0.3, -0.25) is 0 Å². The number of rotatable bonds is 23. The third-order valence-electron chi connectivity index (χ3n) is 6.96. The molecule has 0 spiro atoms. The Morgan fingerprint density at radius 3 is 0.857 bits per heavy atom. The highest BCUT2D eigenvalue weighted by atomic mass is 14.3. The molecule has 0 rings (SSSR count). The van der Waals surface area contributed by atoms with E-state index in [0.717, 1.165) is 0 Å². The average Bonchev–Trinajstić information content (AvgIpc) is 2.70. The molecule has 0 N–H and O–H groups in total. The average molecular weight is 395 g/mol. The Morgan fingerprint density at radius 1 is 0.286 bits per heavy atom. The standard InChI is InChI=1S/C28H58/c1-5-9-12-15-18-21-25-28(24-8-4,26-22-19-16-13-10-6-2)27-23-20-17-14-11-7-3/h5-27H2,1-4H3. The van der Waals surface area contributed by atoms with Gasteiger partial charge in [0, 0.05) is 0 Å². The van der Waals surface area contributed by atoms with Crippen LogP contribution in [-0.2, 0) is 0 Å². The first kappa shape index (κ1) is 28.0. The Bertz CT molecular complexity index is 239.